The van der Waals surface area contributed by atoms with Gasteiger partial charge in [-0.25, -0.2) is 0 Å². The zero-order chi connectivity index (χ0) is 16.6. The summed E-state index contributed by atoms with van der Waals surface area (Å²) < 4.78 is 10.1. The van der Waals surface area contributed by atoms with Gasteiger partial charge >= 0.3 is 5.97 Å². The standard InChI is InChI=1S/C11H15NO5.C2H4O2/c1-16-7-4-3-6(5-8(7)17-2)10(13)9(12)11(14)15;1-2(3)4/h3-5,9-10,13H,12H2,1-2H3,(H,14,15);1H3,(H,3,4). The highest BCUT2D eigenvalue weighted by molar-refractivity contribution is 5.74. The van der Waals surface area contributed by atoms with Crippen molar-refractivity contribution in [3.05, 3.63) is 23.8 Å². The van der Waals surface area contributed by atoms with E-state index in [1.165, 1.54) is 26.4 Å². The van der Waals surface area contributed by atoms with Crippen LogP contribution in [0.1, 0.15) is 18.6 Å². The summed E-state index contributed by atoms with van der Waals surface area (Å²) in [5.74, 6) is -1.21. The largest absolute Gasteiger partial charge is 0.493 e. The Bertz CT molecular complexity index is 485. The fourth-order valence-corrected chi connectivity index (χ4v) is 1.38. The van der Waals surface area contributed by atoms with Gasteiger partial charge in [0.05, 0.1) is 14.2 Å². The van der Waals surface area contributed by atoms with Crippen molar-refractivity contribution in [3.8, 4) is 11.5 Å². The number of carboxylic acids is 2. The summed E-state index contributed by atoms with van der Waals surface area (Å²) in [6.45, 7) is 1.08. The summed E-state index contributed by atoms with van der Waals surface area (Å²) in [5.41, 5.74) is 5.69. The first kappa shape index (κ1) is 18.7. The molecule has 1 rings (SSSR count). The molecule has 0 saturated carbocycles. The second-order valence-corrected chi connectivity index (χ2v) is 3.94. The number of rotatable bonds is 5. The van der Waals surface area contributed by atoms with Crippen molar-refractivity contribution in [2.45, 2.75) is 19.1 Å². The molecule has 5 N–H and O–H groups in total. The summed E-state index contributed by atoms with van der Waals surface area (Å²) in [6.07, 6.45) is -1.30. The SMILES string of the molecule is CC(=O)O.COc1ccc(C(O)C(N)C(=O)O)cc1OC. The average Bonchev–Trinajstić information content (AvgIpc) is 2.44. The van der Waals surface area contributed by atoms with Gasteiger partial charge in [0.25, 0.3) is 5.97 Å². The van der Waals surface area contributed by atoms with Crippen LogP contribution in [0.15, 0.2) is 18.2 Å². The van der Waals surface area contributed by atoms with Gasteiger partial charge in [0, 0.05) is 6.92 Å². The van der Waals surface area contributed by atoms with Gasteiger partial charge in [0.1, 0.15) is 12.1 Å². The van der Waals surface area contributed by atoms with Gasteiger partial charge in [0.15, 0.2) is 11.5 Å². The molecule has 1 aromatic carbocycles. The Hall–Kier alpha value is -2.32. The maximum atomic E-state index is 10.7. The van der Waals surface area contributed by atoms with E-state index < -0.39 is 24.1 Å². The molecule has 0 fully saturated rings. The van der Waals surface area contributed by atoms with Gasteiger partial charge in [-0.1, -0.05) is 6.07 Å². The fourth-order valence-electron chi connectivity index (χ4n) is 1.38. The summed E-state index contributed by atoms with van der Waals surface area (Å²) in [4.78, 5) is 19.7. The fraction of sp³-hybridized carbons (Fsp3) is 0.385. The molecule has 0 saturated heterocycles. The maximum Gasteiger partial charge on any atom is 0.323 e. The lowest BCUT2D eigenvalue weighted by Crippen LogP contribution is -2.36. The molecule has 0 amide bonds. The van der Waals surface area contributed by atoms with Crippen molar-refractivity contribution in [2.24, 2.45) is 5.73 Å². The highest BCUT2D eigenvalue weighted by Gasteiger charge is 2.24. The summed E-state index contributed by atoms with van der Waals surface area (Å²) >= 11 is 0. The van der Waals surface area contributed by atoms with E-state index in [0.29, 0.717) is 17.1 Å². The number of ether oxygens (including phenoxy) is 2. The molecule has 1 aromatic rings. The minimum absolute atomic E-state index is 0.359. The number of benzene rings is 1. The van der Waals surface area contributed by atoms with E-state index in [0.717, 1.165) is 6.92 Å². The molecule has 2 unspecified atom stereocenters. The van der Waals surface area contributed by atoms with Crippen molar-refractivity contribution >= 4 is 11.9 Å². The molecule has 0 spiro atoms. The number of hydrogen-bond acceptors (Lipinski definition) is 6. The van der Waals surface area contributed by atoms with Gasteiger partial charge in [-0.2, -0.15) is 0 Å². The Morgan fingerprint density at radius 1 is 1.14 bits per heavy atom. The van der Waals surface area contributed by atoms with Crippen LogP contribution in [0.3, 0.4) is 0 Å². The molecule has 0 aromatic heterocycles. The van der Waals surface area contributed by atoms with E-state index in [2.05, 4.69) is 0 Å². The Morgan fingerprint density at radius 3 is 2.00 bits per heavy atom. The molecule has 8 heteroatoms. The molecular formula is C13H19NO7. The third-order valence-electron chi connectivity index (χ3n) is 2.37. The van der Waals surface area contributed by atoms with Crippen LogP contribution >= 0.6 is 0 Å². The normalized spacial score (nSPS) is 12.4. The zero-order valence-corrected chi connectivity index (χ0v) is 11.9. The molecule has 0 aliphatic heterocycles. The van der Waals surface area contributed by atoms with Crippen LogP contribution in [-0.4, -0.2) is 47.5 Å². The van der Waals surface area contributed by atoms with E-state index in [4.69, 9.17) is 30.2 Å². The monoisotopic (exact) mass is 301 g/mol. The predicted molar refractivity (Wildman–Crippen MR) is 73.4 cm³/mol. The van der Waals surface area contributed by atoms with Gasteiger partial charge in [-0.05, 0) is 17.7 Å². The number of carboxylic acid groups (broad SMARTS) is 2. The van der Waals surface area contributed by atoms with E-state index >= 15 is 0 Å². The highest BCUT2D eigenvalue weighted by atomic mass is 16.5. The number of methoxy groups -OCH3 is 2. The van der Waals surface area contributed by atoms with Crippen LogP contribution in [0.4, 0.5) is 0 Å². The second kappa shape index (κ2) is 8.77. The average molecular weight is 301 g/mol. The molecule has 0 bridgehead atoms. The van der Waals surface area contributed by atoms with Gasteiger partial charge < -0.3 is 30.5 Å². The first-order valence-electron chi connectivity index (χ1n) is 5.82. The first-order chi connectivity index (χ1) is 9.74. The first-order valence-corrected chi connectivity index (χ1v) is 5.82. The summed E-state index contributed by atoms with van der Waals surface area (Å²) in [6, 6.07) is 3.22. The third-order valence-corrected chi connectivity index (χ3v) is 2.37. The molecule has 21 heavy (non-hydrogen) atoms. The minimum atomic E-state index is -1.38. The van der Waals surface area contributed by atoms with E-state index in [-0.39, 0.29) is 0 Å². The second-order valence-electron chi connectivity index (χ2n) is 3.94. The van der Waals surface area contributed by atoms with Crippen molar-refractivity contribution in [1.82, 2.24) is 0 Å². The Kier molecular flexibility index (Phi) is 7.80. The van der Waals surface area contributed by atoms with Crippen molar-refractivity contribution in [3.63, 3.8) is 0 Å². The van der Waals surface area contributed by atoms with E-state index in [1.807, 2.05) is 0 Å². The van der Waals surface area contributed by atoms with Crippen LogP contribution in [0, 0.1) is 0 Å². The van der Waals surface area contributed by atoms with Gasteiger partial charge in [-0.15, -0.1) is 0 Å². The lowest BCUT2D eigenvalue weighted by molar-refractivity contribution is -0.141. The molecule has 0 aliphatic rings. The topological polar surface area (TPSA) is 139 Å². The zero-order valence-electron chi connectivity index (χ0n) is 11.9. The van der Waals surface area contributed by atoms with Crippen molar-refractivity contribution in [2.75, 3.05) is 14.2 Å². The van der Waals surface area contributed by atoms with Crippen LogP contribution in [0.25, 0.3) is 0 Å². The summed E-state index contributed by atoms with van der Waals surface area (Å²) in [7, 11) is 2.93. The quantitative estimate of drug-likeness (QED) is 0.606. The number of aliphatic hydroxyl groups excluding tert-OH is 1. The minimum Gasteiger partial charge on any atom is -0.493 e. The van der Waals surface area contributed by atoms with E-state index in [9.17, 15) is 9.90 Å². The number of aliphatic carboxylic acids is 2. The van der Waals surface area contributed by atoms with Crippen LogP contribution in [-0.2, 0) is 9.59 Å². The Balaban J connectivity index is 0.000000885. The molecular weight excluding hydrogens is 282 g/mol. The van der Waals surface area contributed by atoms with E-state index in [1.54, 1.807) is 6.07 Å². The number of nitrogens with two attached hydrogens (primary N) is 1. The number of carbonyl (C=O) groups is 2. The highest BCUT2D eigenvalue weighted by Crippen LogP contribution is 2.30. The lowest BCUT2D eigenvalue weighted by atomic mass is 10.0. The molecule has 2 atom stereocenters. The maximum absolute atomic E-state index is 10.7. The van der Waals surface area contributed by atoms with Crippen molar-refractivity contribution < 1.29 is 34.4 Å². The summed E-state index contributed by atoms with van der Waals surface area (Å²) in [5, 5.41) is 25.9. The molecule has 0 radical (unpaired) electrons. The molecule has 0 heterocycles. The molecule has 118 valence electrons. The van der Waals surface area contributed by atoms with Crippen LogP contribution in [0.2, 0.25) is 0 Å². The predicted octanol–water partition coefficient (Wildman–Crippen LogP) is 0.240. The molecule has 0 aliphatic carbocycles. The number of aliphatic hydroxyl groups is 1. The number of hydrogen-bond donors (Lipinski definition) is 4. The van der Waals surface area contributed by atoms with Gasteiger partial charge in [-0.3, -0.25) is 9.59 Å². The third kappa shape index (κ3) is 6.11. The smallest absolute Gasteiger partial charge is 0.323 e. The Labute approximate surface area is 121 Å². The molecule has 8 nitrogen and oxygen atoms in total. The lowest BCUT2D eigenvalue weighted by Gasteiger charge is -2.17. The van der Waals surface area contributed by atoms with Gasteiger partial charge in [0.2, 0.25) is 0 Å². The van der Waals surface area contributed by atoms with Crippen LogP contribution < -0.4 is 15.2 Å². The van der Waals surface area contributed by atoms with Crippen LogP contribution in [0.5, 0.6) is 11.5 Å². The Morgan fingerprint density at radius 2 is 1.62 bits per heavy atom. The van der Waals surface area contributed by atoms with Crippen molar-refractivity contribution in [1.29, 1.82) is 0 Å².